The predicted octanol–water partition coefficient (Wildman–Crippen LogP) is 11.8. The van der Waals surface area contributed by atoms with Crippen LogP contribution in [0.15, 0.2) is 12.2 Å². The number of unbranched alkanes of at least 4 members (excludes halogenated alkanes) is 31. The van der Waals surface area contributed by atoms with Crippen molar-refractivity contribution in [2.24, 2.45) is 0 Å². The number of carbonyl (C=O) groups excluding carboxylic acids is 1. The third-order valence-corrected chi connectivity index (χ3v) is 12.6. The van der Waals surface area contributed by atoms with Crippen molar-refractivity contribution in [1.29, 1.82) is 0 Å². The van der Waals surface area contributed by atoms with E-state index in [2.05, 4.69) is 30.2 Å². The highest BCUT2D eigenvalue weighted by molar-refractivity contribution is 7.80. The Morgan fingerprint density at radius 3 is 1.46 bits per heavy atom. The fourth-order valence-corrected chi connectivity index (χ4v) is 8.71. The molecule has 6 atom stereocenters. The summed E-state index contributed by atoms with van der Waals surface area (Å²) in [6.45, 7) is 4.00. The lowest BCUT2D eigenvalue weighted by Gasteiger charge is -2.41. The minimum atomic E-state index is -5.06. The van der Waals surface area contributed by atoms with Gasteiger partial charge in [-0.05, 0) is 38.5 Å². The van der Waals surface area contributed by atoms with Crippen LogP contribution in [0.25, 0.3) is 0 Å². The maximum absolute atomic E-state index is 12.9. The van der Waals surface area contributed by atoms with Gasteiger partial charge in [-0.15, -0.1) is 0 Å². The van der Waals surface area contributed by atoms with E-state index in [1.807, 2.05) is 0 Å². The fourth-order valence-electron chi connectivity index (χ4n) is 8.20. The van der Waals surface area contributed by atoms with E-state index in [-0.39, 0.29) is 19.6 Å². The van der Waals surface area contributed by atoms with Gasteiger partial charge >= 0.3 is 16.4 Å². The smallest absolute Gasteiger partial charge is 0.397 e. The number of hydrogen-bond donors (Lipinski definition) is 4. The molecule has 0 radical (unpaired) electrons. The minimum absolute atomic E-state index is 0.0373. The van der Waals surface area contributed by atoms with Crippen molar-refractivity contribution in [3.05, 3.63) is 12.2 Å². The van der Waals surface area contributed by atoms with Crippen molar-refractivity contribution >= 4 is 16.4 Å². The van der Waals surface area contributed by atoms with Gasteiger partial charge in [-0.1, -0.05) is 206 Å². The van der Waals surface area contributed by atoms with Gasteiger partial charge in [0.05, 0.1) is 19.8 Å². The Hall–Kier alpha value is -1.16. The van der Waals surface area contributed by atoms with Gasteiger partial charge in [-0.25, -0.2) is 4.18 Å². The predicted molar refractivity (Wildman–Crippen MR) is 253 cm³/mol. The standard InChI is InChI=1S/C50H96O12S/c1-3-5-7-9-11-13-15-17-18-19-20-21-22-23-24-25-26-27-29-31-33-35-37-39-46(52)60-44(42-58-40-38-36-34-32-30-28-16-14-12-10-8-6-4-2)43-59-50-48(54)49(62-63(55,56)57)47(53)45(41-51)61-50/h12,14,44-45,47-51,53-54H,3-11,13,15-43H2,1-2H3,(H,55,56,57)/b14-12-. The molecule has 0 bridgehead atoms. The topological polar surface area (TPSA) is 178 Å². The second-order valence-electron chi connectivity index (χ2n) is 18.1. The maximum Gasteiger partial charge on any atom is 0.397 e. The number of aliphatic hydroxyl groups excluding tert-OH is 3. The van der Waals surface area contributed by atoms with E-state index in [1.165, 1.54) is 167 Å². The average molecular weight is 921 g/mol. The molecule has 4 N–H and O–H groups in total. The summed E-state index contributed by atoms with van der Waals surface area (Å²) in [5.41, 5.74) is 0. The molecule has 1 saturated heterocycles. The van der Waals surface area contributed by atoms with Gasteiger partial charge in [0, 0.05) is 13.0 Å². The number of aliphatic hydroxyl groups is 3. The summed E-state index contributed by atoms with van der Waals surface area (Å²) in [4.78, 5) is 12.9. The van der Waals surface area contributed by atoms with Gasteiger partial charge in [0.2, 0.25) is 0 Å². The Bertz CT molecular complexity index is 1150. The molecule has 1 heterocycles. The van der Waals surface area contributed by atoms with Gasteiger partial charge < -0.3 is 34.3 Å². The second-order valence-corrected chi connectivity index (χ2v) is 19.2. The van der Waals surface area contributed by atoms with Crippen LogP contribution in [0.3, 0.4) is 0 Å². The molecule has 374 valence electrons. The van der Waals surface area contributed by atoms with Gasteiger partial charge in [0.1, 0.15) is 30.5 Å². The van der Waals surface area contributed by atoms with Crippen LogP contribution >= 0.6 is 0 Å². The molecule has 6 unspecified atom stereocenters. The molecule has 0 amide bonds. The largest absolute Gasteiger partial charge is 0.457 e. The molecule has 0 aliphatic carbocycles. The zero-order valence-corrected chi connectivity index (χ0v) is 41.0. The number of allylic oxidation sites excluding steroid dienone is 2. The molecular formula is C50H96O12S. The van der Waals surface area contributed by atoms with E-state index in [9.17, 15) is 33.1 Å². The first-order valence-electron chi connectivity index (χ1n) is 25.9. The lowest BCUT2D eigenvalue weighted by molar-refractivity contribution is -0.301. The Labute approximate surface area is 385 Å². The van der Waals surface area contributed by atoms with E-state index in [1.54, 1.807) is 0 Å². The Kier molecular flexibility index (Phi) is 40.1. The average Bonchev–Trinajstić information content (AvgIpc) is 3.26. The SMILES string of the molecule is CCCCC/C=C\CCCCCCCCOCC(COC1OC(CO)C(O)C(OS(=O)(=O)O)C1O)OC(=O)CCCCCCCCCCCCCCCCCCCCCCCCC. The van der Waals surface area contributed by atoms with Crippen molar-refractivity contribution in [3.63, 3.8) is 0 Å². The first kappa shape index (κ1) is 59.9. The third-order valence-electron chi connectivity index (χ3n) is 12.1. The zero-order chi connectivity index (χ0) is 46.1. The van der Waals surface area contributed by atoms with Gasteiger partial charge in [0.25, 0.3) is 0 Å². The summed E-state index contributed by atoms with van der Waals surface area (Å²) < 4.78 is 59.2. The first-order valence-corrected chi connectivity index (χ1v) is 27.3. The summed E-state index contributed by atoms with van der Waals surface area (Å²) in [6, 6.07) is 0. The van der Waals surface area contributed by atoms with Gasteiger partial charge in [-0.2, -0.15) is 8.42 Å². The Morgan fingerprint density at radius 2 is 1.00 bits per heavy atom. The highest BCUT2D eigenvalue weighted by Gasteiger charge is 2.48. The van der Waals surface area contributed by atoms with Crippen LogP contribution in [0.4, 0.5) is 0 Å². The Morgan fingerprint density at radius 1 is 0.587 bits per heavy atom. The molecule has 1 aliphatic rings. The molecule has 0 aromatic carbocycles. The maximum atomic E-state index is 12.9. The molecule has 63 heavy (non-hydrogen) atoms. The van der Waals surface area contributed by atoms with Crippen molar-refractivity contribution in [1.82, 2.24) is 0 Å². The first-order chi connectivity index (χ1) is 30.6. The number of rotatable bonds is 46. The number of carbonyl (C=O) groups is 1. The summed E-state index contributed by atoms with van der Waals surface area (Å²) >= 11 is 0. The molecule has 12 nitrogen and oxygen atoms in total. The normalized spacial score (nSPS) is 19.9. The third kappa shape index (κ3) is 35.7. The lowest BCUT2D eigenvalue weighted by atomic mass is 9.99. The van der Waals surface area contributed by atoms with E-state index < -0.39 is 59.8 Å². The lowest BCUT2D eigenvalue weighted by Crippen LogP contribution is -2.60. The van der Waals surface area contributed by atoms with E-state index in [0.717, 1.165) is 44.9 Å². The zero-order valence-electron chi connectivity index (χ0n) is 40.2. The van der Waals surface area contributed by atoms with Crippen molar-refractivity contribution in [3.8, 4) is 0 Å². The summed E-state index contributed by atoms with van der Waals surface area (Å²) in [7, 11) is -5.06. The molecular weight excluding hydrogens is 825 g/mol. The molecule has 1 aliphatic heterocycles. The van der Waals surface area contributed by atoms with Crippen LogP contribution in [0, 0.1) is 0 Å². The van der Waals surface area contributed by atoms with Crippen LogP contribution < -0.4 is 0 Å². The van der Waals surface area contributed by atoms with Gasteiger partial charge in [-0.3, -0.25) is 9.35 Å². The molecule has 0 aromatic rings. The van der Waals surface area contributed by atoms with E-state index in [0.29, 0.717) is 13.0 Å². The summed E-state index contributed by atoms with van der Waals surface area (Å²) in [5, 5.41) is 30.7. The van der Waals surface area contributed by atoms with Crippen LogP contribution in [0.1, 0.15) is 239 Å². The Balaban J connectivity index is 2.30. The molecule has 0 saturated carbocycles. The van der Waals surface area contributed by atoms with Crippen LogP contribution in [0.5, 0.6) is 0 Å². The van der Waals surface area contributed by atoms with Crippen LogP contribution in [-0.2, 0) is 38.3 Å². The number of esters is 1. The molecule has 1 rings (SSSR count). The minimum Gasteiger partial charge on any atom is -0.457 e. The monoisotopic (exact) mass is 921 g/mol. The van der Waals surface area contributed by atoms with E-state index >= 15 is 0 Å². The van der Waals surface area contributed by atoms with Crippen molar-refractivity contribution in [2.75, 3.05) is 26.4 Å². The highest BCUT2D eigenvalue weighted by atomic mass is 32.3. The number of hydrogen-bond acceptors (Lipinski definition) is 11. The molecule has 0 spiro atoms. The van der Waals surface area contributed by atoms with Crippen molar-refractivity contribution < 1.29 is 56.2 Å². The summed E-state index contributed by atoms with van der Waals surface area (Å²) in [6.07, 6.45) is 38.2. The number of ether oxygens (including phenoxy) is 4. The second kappa shape index (κ2) is 42.2. The quantitative estimate of drug-likeness (QED) is 0.0197. The van der Waals surface area contributed by atoms with Crippen LogP contribution in [-0.4, -0.2) is 97.5 Å². The van der Waals surface area contributed by atoms with Crippen LogP contribution in [0.2, 0.25) is 0 Å². The summed E-state index contributed by atoms with van der Waals surface area (Å²) in [5.74, 6) is -0.396. The van der Waals surface area contributed by atoms with E-state index in [4.69, 9.17) is 18.9 Å². The fraction of sp³-hybridized carbons (Fsp3) is 0.940. The molecule has 0 aromatic heterocycles. The van der Waals surface area contributed by atoms with Crippen molar-refractivity contribution in [2.45, 2.75) is 275 Å². The highest BCUT2D eigenvalue weighted by Crippen LogP contribution is 2.26. The molecule has 1 fully saturated rings. The molecule has 13 heteroatoms. The van der Waals surface area contributed by atoms with Gasteiger partial charge in [0.15, 0.2) is 6.29 Å².